The normalized spacial score (nSPS) is 32.9. The van der Waals surface area contributed by atoms with Crippen LogP contribution in [0.15, 0.2) is 27.0 Å². The molecular formula is C9H10FN5O5. The number of H-pyrrole nitrogens is 1. The van der Waals surface area contributed by atoms with E-state index in [1.165, 1.54) is 0 Å². The zero-order valence-corrected chi connectivity index (χ0v) is 9.88. The van der Waals surface area contributed by atoms with E-state index in [1.54, 1.807) is 0 Å². The van der Waals surface area contributed by atoms with Crippen molar-refractivity contribution in [2.75, 3.05) is 6.61 Å². The summed E-state index contributed by atoms with van der Waals surface area (Å²) in [4.78, 5) is 26.7. The summed E-state index contributed by atoms with van der Waals surface area (Å²) in [5.41, 5.74) is 4.51. The van der Waals surface area contributed by atoms with Crippen LogP contribution in [0.1, 0.15) is 6.23 Å². The Morgan fingerprint density at radius 2 is 2.35 bits per heavy atom. The van der Waals surface area contributed by atoms with E-state index < -0.39 is 42.1 Å². The van der Waals surface area contributed by atoms with Crippen LogP contribution in [0.4, 0.5) is 4.39 Å². The lowest BCUT2D eigenvalue weighted by atomic mass is 10.1. The van der Waals surface area contributed by atoms with Gasteiger partial charge in [-0.15, -0.1) is 0 Å². The molecule has 1 aromatic heterocycles. The molecule has 0 aromatic carbocycles. The van der Waals surface area contributed by atoms with Gasteiger partial charge in [0.05, 0.1) is 6.61 Å². The van der Waals surface area contributed by atoms with Gasteiger partial charge >= 0.3 is 5.69 Å². The molecule has 0 radical (unpaired) electrons. The van der Waals surface area contributed by atoms with E-state index in [9.17, 15) is 19.1 Å². The summed E-state index contributed by atoms with van der Waals surface area (Å²) in [6, 6.07) is 0.955. The van der Waals surface area contributed by atoms with Crippen LogP contribution in [-0.4, -0.2) is 44.4 Å². The highest BCUT2D eigenvalue weighted by Crippen LogP contribution is 2.39. The summed E-state index contributed by atoms with van der Waals surface area (Å²) in [5.74, 6) is 0. The van der Waals surface area contributed by atoms with Crippen LogP contribution in [0.25, 0.3) is 10.4 Å². The van der Waals surface area contributed by atoms with E-state index >= 15 is 0 Å². The summed E-state index contributed by atoms with van der Waals surface area (Å²) in [6.45, 7) is -0.979. The number of rotatable bonds is 3. The number of hydrogen-bond acceptors (Lipinski definition) is 6. The highest BCUT2D eigenvalue weighted by Gasteiger charge is 2.56. The van der Waals surface area contributed by atoms with Gasteiger partial charge in [-0.25, -0.2) is 9.18 Å². The first-order valence-corrected chi connectivity index (χ1v) is 5.44. The SMILES string of the molecule is [N-]=[N+]=N[C@@]1(CO)O[C@H](n2ccc(=O)[nH]c2=O)C(F)C1O. The molecule has 4 atom stereocenters. The number of azide groups is 1. The maximum atomic E-state index is 14.0. The highest BCUT2D eigenvalue weighted by molar-refractivity contribution is 5.01. The Hall–Kier alpha value is -2.20. The molecule has 0 bridgehead atoms. The molecule has 0 spiro atoms. The molecular weight excluding hydrogens is 277 g/mol. The van der Waals surface area contributed by atoms with Crippen molar-refractivity contribution in [3.8, 4) is 0 Å². The molecule has 0 amide bonds. The first kappa shape index (κ1) is 14.2. The van der Waals surface area contributed by atoms with Gasteiger partial charge in [0, 0.05) is 17.2 Å². The van der Waals surface area contributed by atoms with E-state index in [1.807, 2.05) is 4.98 Å². The number of alkyl halides is 1. The largest absolute Gasteiger partial charge is 0.393 e. The molecule has 2 unspecified atom stereocenters. The van der Waals surface area contributed by atoms with Crippen LogP contribution < -0.4 is 11.2 Å². The van der Waals surface area contributed by atoms with E-state index in [0.29, 0.717) is 4.57 Å². The monoisotopic (exact) mass is 287 g/mol. The molecule has 0 aliphatic carbocycles. The second-order valence-corrected chi connectivity index (χ2v) is 4.11. The number of nitrogens with zero attached hydrogens (tertiary/aromatic N) is 4. The molecule has 1 aliphatic rings. The molecule has 1 aliphatic heterocycles. The fourth-order valence-corrected chi connectivity index (χ4v) is 1.91. The van der Waals surface area contributed by atoms with Gasteiger partial charge in [0.15, 0.2) is 12.4 Å². The lowest BCUT2D eigenvalue weighted by Crippen LogP contribution is -2.43. The average Bonchev–Trinajstić information content (AvgIpc) is 2.65. The molecule has 11 heteroatoms. The first-order chi connectivity index (χ1) is 9.45. The van der Waals surface area contributed by atoms with Crippen LogP contribution in [0.5, 0.6) is 0 Å². The molecule has 20 heavy (non-hydrogen) atoms. The van der Waals surface area contributed by atoms with Crippen molar-refractivity contribution in [1.29, 1.82) is 0 Å². The minimum Gasteiger partial charge on any atom is -0.393 e. The maximum Gasteiger partial charge on any atom is 0.330 e. The van der Waals surface area contributed by atoms with E-state index in [4.69, 9.17) is 15.4 Å². The van der Waals surface area contributed by atoms with Gasteiger partial charge in [-0.05, 0) is 5.53 Å². The van der Waals surface area contributed by atoms with E-state index in [0.717, 1.165) is 12.3 Å². The van der Waals surface area contributed by atoms with Crippen molar-refractivity contribution in [3.63, 3.8) is 0 Å². The average molecular weight is 287 g/mol. The number of aromatic amines is 1. The third-order valence-electron chi connectivity index (χ3n) is 2.93. The van der Waals surface area contributed by atoms with Gasteiger partial charge in [0.2, 0.25) is 5.72 Å². The summed E-state index contributed by atoms with van der Waals surface area (Å²) in [5, 5.41) is 21.9. The number of nitrogens with one attached hydrogen (secondary N) is 1. The molecule has 2 rings (SSSR count). The predicted molar refractivity (Wildman–Crippen MR) is 61.3 cm³/mol. The van der Waals surface area contributed by atoms with Crippen molar-refractivity contribution in [2.24, 2.45) is 5.11 Å². The Morgan fingerprint density at radius 1 is 1.65 bits per heavy atom. The molecule has 1 aromatic rings. The number of hydrogen-bond donors (Lipinski definition) is 3. The molecule has 2 heterocycles. The van der Waals surface area contributed by atoms with Gasteiger partial charge in [-0.1, -0.05) is 5.11 Å². The Balaban J connectivity index is 2.47. The van der Waals surface area contributed by atoms with Crippen molar-refractivity contribution < 1.29 is 19.3 Å². The van der Waals surface area contributed by atoms with Crippen LogP contribution in [0.3, 0.4) is 0 Å². The first-order valence-electron chi connectivity index (χ1n) is 5.44. The molecule has 1 saturated heterocycles. The number of ether oxygens (including phenoxy) is 1. The molecule has 1 fully saturated rings. The number of aliphatic hydroxyl groups excluding tert-OH is 2. The number of aliphatic hydroxyl groups is 2. The Morgan fingerprint density at radius 3 is 2.90 bits per heavy atom. The van der Waals surface area contributed by atoms with Crippen molar-refractivity contribution in [1.82, 2.24) is 9.55 Å². The lowest BCUT2D eigenvalue weighted by Gasteiger charge is -2.23. The molecule has 3 N–H and O–H groups in total. The van der Waals surface area contributed by atoms with Gasteiger partial charge in [-0.3, -0.25) is 14.3 Å². The van der Waals surface area contributed by atoms with Gasteiger partial charge in [-0.2, -0.15) is 0 Å². The van der Waals surface area contributed by atoms with Crippen LogP contribution in [0.2, 0.25) is 0 Å². The van der Waals surface area contributed by atoms with Crippen molar-refractivity contribution in [3.05, 3.63) is 43.5 Å². The van der Waals surface area contributed by atoms with Gasteiger partial charge in [0.25, 0.3) is 5.56 Å². The number of halogens is 1. The third-order valence-corrected chi connectivity index (χ3v) is 2.93. The zero-order chi connectivity index (χ0) is 14.9. The van der Waals surface area contributed by atoms with Gasteiger partial charge < -0.3 is 14.9 Å². The fourth-order valence-electron chi connectivity index (χ4n) is 1.91. The van der Waals surface area contributed by atoms with Crippen molar-refractivity contribution >= 4 is 0 Å². The Labute approximate surface area is 109 Å². The van der Waals surface area contributed by atoms with Crippen molar-refractivity contribution in [2.45, 2.75) is 24.2 Å². The molecule has 10 nitrogen and oxygen atoms in total. The summed E-state index contributed by atoms with van der Waals surface area (Å²) >= 11 is 0. The minimum absolute atomic E-state index is 0.680. The van der Waals surface area contributed by atoms with Gasteiger partial charge in [0.1, 0.15) is 6.10 Å². The Bertz CT molecular complexity index is 667. The van der Waals surface area contributed by atoms with Crippen LogP contribution in [0, 0.1) is 0 Å². The fraction of sp³-hybridized carbons (Fsp3) is 0.556. The quantitative estimate of drug-likeness (QED) is 0.360. The van der Waals surface area contributed by atoms with E-state index in [2.05, 4.69) is 10.0 Å². The van der Waals surface area contributed by atoms with E-state index in [-0.39, 0.29) is 0 Å². The highest BCUT2D eigenvalue weighted by atomic mass is 19.1. The third kappa shape index (κ3) is 2.08. The second-order valence-electron chi connectivity index (χ2n) is 4.11. The van der Waals surface area contributed by atoms with Crippen LogP contribution in [-0.2, 0) is 4.74 Å². The summed E-state index contributed by atoms with van der Waals surface area (Å²) in [7, 11) is 0. The lowest BCUT2D eigenvalue weighted by molar-refractivity contribution is -0.124. The predicted octanol–water partition coefficient (Wildman–Crippen LogP) is -1.24. The standard InChI is InChI=1S/C9H10FN5O5/c10-5-6(18)9(3-16,13-14-11)20-7(5)15-2-1-4(17)12-8(15)19/h1-2,5-7,16,18H,3H2,(H,12,17,19)/t5?,6?,7-,9-/m0/s1. The van der Waals surface area contributed by atoms with Crippen LogP contribution >= 0.6 is 0 Å². The minimum atomic E-state index is -2.23. The second kappa shape index (κ2) is 5.06. The summed E-state index contributed by atoms with van der Waals surface area (Å²) in [6.07, 6.45) is -4.79. The molecule has 0 saturated carbocycles. The number of aromatic nitrogens is 2. The maximum absolute atomic E-state index is 14.0. The summed E-state index contributed by atoms with van der Waals surface area (Å²) < 4.78 is 19.7. The topological polar surface area (TPSA) is 153 Å². The zero-order valence-electron chi connectivity index (χ0n) is 9.88. The Kier molecular flexibility index (Phi) is 3.59. The molecule has 108 valence electrons. The smallest absolute Gasteiger partial charge is 0.330 e.